The van der Waals surface area contributed by atoms with E-state index >= 15 is 0 Å². The van der Waals surface area contributed by atoms with Gasteiger partial charge in [0.1, 0.15) is 11.5 Å². The van der Waals surface area contributed by atoms with Gasteiger partial charge in [0.15, 0.2) is 0 Å². The fourth-order valence-corrected chi connectivity index (χ4v) is 4.32. The van der Waals surface area contributed by atoms with Crippen LogP contribution in [0.3, 0.4) is 0 Å². The number of carboxylic acid groups (broad SMARTS) is 1. The minimum Gasteiger partial charge on any atom is -0.483 e. The number of amides is 1. The van der Waals surface area contributed by atoms with E-state index in [0.29, 0.717) is 35.3 Å². The summed E-state index contributed by atoms with van der Waals surface area (Å²) < 4.78 is 11.7. The van der Waals surface area contributed by atoms with Gasteiger partial charge in [0.05, 0.1) is 29.3 Å². The molecule has 0 bridgehead atoms. The first-order valence-electron chi connectivity index (χ1n) is 9.46. The van der Waals surface area contributed by atoms with Gasteiger partial charge in [-0.15, -0.1) is 0 Å². The lowest BCUT2D eigenvalue weighted by Gasteiger charge is -2.37. The Labute approximate surface area is 173 Å². The molecular formula is C21H24ClNO6. The Morgan fingerprint density at radius 3 is 2.76 bits per heavy atom. The summed E-state index contributed by atoms with van der Waals surface area (Å²) in [5.41, 5.74) is 1.34. The molecule has 1 saturated heterocycles. The van der Waals surface area contributed by atoms with Gasteiger partial charge in [-0.2, -0.15) is 0 Å². The van der Waals surface area contributed by atoms with Crippen molar-refractivity contribution < 1.29 is 29.0 Å². The van der Waals surface area contributed by atoms with Crippen LogP contribution in [-0.4, -0.2) is 59.4 Å². The average molecular weight is 422 g/mol. The van der Waals surface area contributed by atoms with Gasteiger partial charge in [0, 0.05) is 18.7 Å². The zero-order chi connectivity index (χ0) is 21.0. The molecule has 8 heteroatoms. The van der Waals surface area contributed by atoms with Crippen molar-refractivity contribution in [3.63, 3.8) is 0 Å². The molecule has 0 radical (unpaired) electrons. The van der Waals surface area contributed by atoms with E-state index in [0.717, 1.165) is 18.4 Å². The number of rotatable bonds is 3. The van der Waals surface area contributed by atoms with Gasteiger partial charge in [-0.3, -0.25) is 9.59 Å². The lowest BCUT2D eigenvalue weighted by Crippen LogP contribution is -2.51. The molecule has 2 heterocycles. The van der Waals surface area contributed by atoms with Crippen LogP contribution in [0.15, 0.2) is 34.7 Å². The number of hydrogen-bond acceptors (Lipinski definition) is 5. The number of carbonyl (C=O) groups is 2. The lowest BCUT2D eigenvalue weighted by molar-refractivity contribution is -0.122. The summed E-state index contributed by atoms with van der Waals surface area (Å²) in [7, 11) is 0. The number of benzene rings is 1. The number of furan rings is 1. The highest BCUT2D eigenvalue weighted by atomic mass is 35.5. The van der Waals surface area contributed by atoms with Crippen LogP contribution in [0, 0.1) is 12.8 Å². The second-order valence-electron chi connectivity index (χ2n) is 7.16. The molecule has 2 N–H and O–H groups in total. The van der Waals surface area contributed by atoms with Gasteiger partial charge in [0.2, 0.25) is 0 Å². The van der Waals surface area contributed by atoms with Gasteiger partial charge in [0.25, 0.3) is 12.4 Å². The second-order valence-corrected chi connectivity index (χ2v) is 7.57. The zero-order valence-corrected chi connectivity index (χ0v) is 16.8. The van der Waals surface area contributed by atoms with E-state index < -0.39 is 0 Å². The standard InChI is InChI=1S/C20H22ClNO4.CH2O2/c1-12-15(10-18(26-12)14-4-2-3-5-16(14)21)20(24)22-6-7-25-19-9-13(11-23)8-17(19)22;2-1-3/h2-5,10,13,17,19,23H,6-9,11H2,1H3;1H,(H,2,3)/t13-,17+,19?;/m1./s1. The summed E-state index contributed by atoms with van der Waals surface area (Å²) >= 11 is 6.26. The van der Waals surface area contributed by atoms with Crippen molar-refractivity contribution in [3.8, 4) is 11.3 Å². The highest BCUT2D eigenvalue weighted by Crippen LogP contribution is 2.36. The summed E-state index contributed by atoms with van der Waals surface area (Å²) in [5, 5.41) is 16.9. The van der Waals surface area contributed by atoms with Crippen LogP contribution in [0.1, 0.15) is 29.0 Å². The molecule has 0 spiro atoms. The van der Waals surface area contributed by atoms with Gasteiger partial charge >= 0.3 is 0 Å². The molecule has 156 valence electrons. The molecule has 1 aromatic carbocycles. The number of aliphatic hydroxyl groups excluding tert-OH is 1. The molecule has 1 amide bonds. The number of aryl methyl sites for hydroxylation is 1. The third-order valence-corrected chi connectivity index (χ3v) is 5.77. The third-order valence-electron chi connectivity index (χ3n) is 5.44. The van der Waals surface area contributed by atoms with Crippen molar-refractivity contribution >= 4 is 24.0 Å². The largest absolute Gasteiger partial charge is 0.483 e. The zero-order valence-electron chi connectivity index (χ0n) is 16.1. The summed E-state index contributed by atoms with van der Waals surface area (Å²) in [6.45, 7) is 2.78. The van der Waals surface area contributed by atoms with Crippen LogP contribution >= 0.6 is 11.6 Å². The first-order valence-corrected chi connectivity index (χ1v) is 9.84. The maximum atomic E-state index is 13.2. The number of ether oxygens (including phenoxy) is 1. The van der Waals surface area contributed by atoms with E-state index in [1.165, 1.54) is 0 Å². The van der Waals surface area contributed by atoms with Crippen molar-refractivity contribution in [2.45, 2.75) is 31.9 Å². The molecule has 3 atom stereocenters. The summed E-state index contributed by atoms with van der Waals surface area (Å²) in [4.78, 5) is 23.5. The highest BCUT2D eigenvalue weighted by molar-refractivity contribution is 6.33. The van der Waals surface area contributed by atoms with Crippen LogP contribution in [0.2, 0.25) is 5.02 Å². The Morgan fingerprint density at radius 1 is 1.34 bits per heavy atom. The normalized spacial score (nSPS) is 23.1. The number of hydrogen-bond donors (Lipinski definition) is 2. The minimum absolute atomic E-state index is 0.0140. The van der Waals surface area contributed by atoms with Crippen molar-refractivity contribution in [2.24, 2.45) is 5.92 Å². The Kier molecular flexibility index (Phi) is 6.95. The van der Waals surface area contributed by atoms with Gasteiger partial charge in [-0.1, -0.05) is 23.7 Å². The molecule has 2 aliphatic rings. The Balaban J connectivity index is 0.000000755. The van der Waals surface area contributed by atoms with Gasteiger partial charge < -0.3 is 24.3 Å². The number of nitrogens with zero attached hydrogens (tertiary/aromatic N) is 1. The molecule has 1 aliphatic carbocycles. The number of halogens is 1. The lowest BCUT2D eigenvalue weighted by atomic mass is 10.1. The highest BCUT2D eigenvalue weighted by Gasteiger charge is 2.43. The first-order chi connectivity index (χ1) is 14.0. The number of morpholine rings is 1. The maximum Gasteiger partial charge on any atom is 0.290 e. The van der Waals surface area contributed by atoms with Gasteiger partial charge in [-0.25, -0.2) is 0 Å². The molecule has 1 saturated carbocycles. The molecule has 29 heavy (non-hydrogen) atoms. The van der Waals surface area contributed by atoms with Crippen molar-refractivity contribution in [3.05, 3.63) is 46.7 Å². The van der Waals surface area contributed by atoms with Crippen molar-refractivity contribution in [2.75, 3.05) is 19.8 Å². The molecule has 2 fully saturated rings. The second kappa shape index (κ2) is 9.43. The number of aliphatic hydroxyl groups is 1. The average Bonchev–Trinajstić information content (AvgIpc) is 3.31. The number of fused-ring (bicyclic) bond motifs is 1. The quantitative estimate of drug-likeness (QED) is 0.738. The summed E-state index contributed by atoms with van der Waals surface area (Å²) in [6, 6.07) is 9.23. The molecular weight excluding hydrogens is 398 g/mol. The smallest absolute Gasteiger partial charge is 0.290 e. The minimum atomic E-state index is -0.250. The van der Waals surface area contributed by atoms with Gasteiger partial charge in [-0.05, 0) is 43.9 Å². The number of carbonyl (C=O) groups excluding carboxylic acids is 1. The molecule has 1 aliphatic heterocycles. The monoisotopic (exact) mass is 421 g/mol. The fourth-order valence-electron chi connectivity index (χ4n) is 4.09. The van der Waals surface area contributed by atoms with Crippen molar-refractivity contribution in [1.29, 1.82) is 0 Å². The molecule has 2 aromatic rings. The SMILES string of the molecule is Cc1oc(-c2ccccc2Cl)cc1C(=O)N1CCOC2C[C@H](CO)C[C@@H]21.O=CO. The predicted octanol–water partition coefficient (Wildman–Crippen LogP) is 3.22. The first kappa shape index (κ1) is 21.4. The molecule has 1 unspecified atom stereocenters. The van der Waals surface area contributed by atoms with Crippen LogP contribution in [0.5, 0.6) is 0 Å². The molecule has 4 rings (SSSR count). The summed E-state index contributed by atoms with van der Waals surface area (Å²) in [5.74, 6) is 1.34. The molecule has 7 nitrogen and oxygen atoms in total. The summed E-state index contributed by atoms with van der Waals surface area (Å²) in [6.07, 6.45) is 1.60. The van der Waals surface area contributed by atoms with E-state index in [1.54, 1.807) is 19.1 Å². The van der Waals surface area contributed by atoms with E-state index in [9.17, 15) is 9.90 Å². The van der Waals surface area contributed by atoms with Crippen LogP contribution in [0.4, 0.5) is 0 Å². The van der Waals surface area contributed by atoms with Crippen LogP contribution in [0.25, 0.3) is 11.3 Å². The topological polar surface area (TPSA) is 100 Å². The third kappa shape index (κ3) is 4.47. The van der Waals surface area contributed by atoms with E-state index in [4.69, 9.17) is 30.7 Å². The van der Waals surface area contributed by atoms with E-state index in [-0.39, 0.29) is 37.0 Å². The van der Waals surface area contributed by atoms with Crippen LogP contribution in [-0.2, 0) is 9.53 Å². The molecule has 1 aromatic heterocycles. The van der Waals surface area contributed by atoms with Crippen LogP contribution < -0.4 is 0 Å². The fraction of sp³-hybridized carbons (Fsp3) is 0.429. The van der Waals surface area contributed by atoms with E-state index in [1.807, 2.05) is 23.1 Å². The Bertz CT molecular complexity index is 867. The Hall–Kier alpha value is -2.35. The Morgan fingerprint density at radius 2 is 2.07 bits per heavy atom. The van der Waals surface area contributed by atoms with Crippen molar-refractivity contribution in [1.82, 2.24) is 4.90 Å². The van der Waals surface area contributed by atoms with E-state index in [2.05, 4.69) is 0 Å². The predicted molar refractivity (Wildman–Crippen MR) is 107 cm³/mol. The maximum absolute atomic E-state index is 13.2.